The van der Waals surface area contributed by atoms with Gasteiger partial charge < -0.3 is 4.74 Å². The number of nitrogens with zero attached hydrogens (tertiary/aromatic N) is 1. The lowest BCUT2D eigenvalue weighted by molar-refractivity contribution is 0.0606. The summed E-state index contributed by atoms with van der Waals surface area (Å²) in [6.07, 6.45) is 6.06. The Bertz CT molecular complexity index is 857. The van der Waals surface area contributed by atoms with Crippen LogP contribution in [0.25, 0.3) is 0 Å². The van der Waals surface area contributed by atoms with E-state index in [-0.39, 0.29) is 5.97 Å². The van der Waals surface area contributed by atoms with Crippen molar-refractivity contribution in [3.8, 4) is 0 Å². The molecule has 1 aromatic heterocycles. The van der Waals surface area contributed by atoms with Crippen LogP contribution in [0.4, 0.5) is 0 Å². The van der Waals surface area contributed by atoms with E-state index >= 15 is 0 Å². The molecule has 0 amide bonds. The quantitative estimate of drug-likeness (QED) is 0.506. The second-order valence-electron chi connectivity index (χ2n) is 6.88. The maximum atomic E-state index is 12.2. The van der Waals surface area contributed by atoms with Crippen LogP contribution >= 0.6 is 11.3 Å². The molecule has 0 aliphatic heterocycles. The van der Waals surface area contributed by atoms with E-state index in [0.717, 1.165) is 36.1 Å². The van der Waals surface area contributed by atoms with Gasteiger partial charge in [0, 0.05) is 18.0 Å². The van der Waals surface area contributed by atoms with Gasteiger partial charge in [-0.05, 0) is 48.9 Å². The Kier molecular flexibility index (Phi) is 8.66. The van der Waals surface area contributed by atoms with E-state index in [4.69, 9.17) is 4.74 Å². The van der Waals surface area contributed by atoms with Crippen molar-refractivity contribution in [1.82, 2.24) is 4.31 Å². The minimum atomic E-state index is -3.29. The number of carbonyl (C=O) groups is 1. The number of carbonyl (C=O) groups excluding carboxylic acids is 1. The van der Waals surface area contributed by atoms with Gasteiger partial charge in [0.05, 0.1) is 13.4 Å². The number of benzene rings is 1. The van der Waals surface area contributed by atoms with Crippen LogP contribution in [0.15, 0.2) is 36.4 Å². The van der Waals surface area contributed by atoms with Crippen molar-refractivity contribution in [1.29, 1.82) is 0 Å². The summed E-state index contributed by atoms with van der Waals surface area (Å²) in [5.74, 6) is -0.337. The highest BCUT2D eigenvalue weighted by atomic mass is 32.2. The number of esters is 1. The molecule has 0 aliphatic rings. The minimum absolute atomic E-state index is 0.337. The molecule has 5 nitrogen and oxygen atoms in total. The van der Waals surface area contributed by atoms with E-state index in [1.54, 1.807) is 6.07 Å². The van der Waals surface area contributed by atoms with Crippen LogP contribution < -0.4 is 0 Å². The van der Waals surface area contributed by atoms with Crippen LogP contribution in [0, 0.1) is 0 Å². The Hall–Kier alpha value is -1.70. The molecule has 2 rings (SSSR count). The summed E-state index contributed by atoms with van der Waals surface area (Å²) in [7, 11) is -1.93. The zero-order chi connectivity index (χ0) is 20.6. The number of ether oxygens (including phenoxy) is 1. The van der Waals surface area contributed by atoms with Crippen LogP contribution in [0.1, 0.15) is 51.9 Å². The normalized spacial score (nSPS) is 11.7. The molecule has 0 N–H and O–H groups in total. The van der Waals surface area contributed by atoms with E-state index in [9.17, 15) is 13.2 Å². The topological polar surface area (TPSA) is 63.7 Å². The number of aryl methyl sites for hydroxylation is 2. The third kappa shape index (κ3) is 7.04. The number of hydrogen-bond donors (Lipinski definition) is 0. The molecule has 0 saturated heterocycles. The van der Waals surface area contributed by atoms with Crippen LogP contribution in [-0.2, 0) is 34.1 Å². The number of unbranched alkanes of at least 4 members (excludes halogenated alkanes) is 1. The zero-order valence-corrected chi connectivity index (χ0v) is 18.4. The number of rotatable bonds is 11. The summed E-state index contributed by atoms with van der Waals surface area (Å²) in [5, 5.41) is 0. The van der Waals surface area contributed by atoms with Gasteiger partial charge in [0.25, 0.3) is 0 Å². The van der Waals surface area contributed by atoms with Crippen molar-refractivity contribution < 1.29 is 17.9 Å². The molecule has 0 radical (unpaired) electrons. The molecule has 0 saturated carbocycles. The summed E-state index contributed by atoms with van der Waals surface area (Å²) in [6.45, 7) is 3.00. The summed E-state index contributed by atoms with van der Waals surface area (Å²) in [5.41, 5.74) is 2.28. The summed E-state index contributed by atoms with van der Waals surface area (Å²) < 4.78 is 30.6. The smallest absolute Gasteiger partial charge is 0.348 e. The molecule has 0 unspecified atom stereocenters. The average molecular weight is 424 g/mol. The summed E-state index contributed by atoms with van der Waals surface area (Å²) >= 11 is 1.39. The van der Waals surface area contributed by atoms with Crippen molar-refractivity contribution in [3.05, 3.63) is 57.3 Å². The first-order valence-electron chi connectivity index (χ1n) is 9.53. The van der Waals surface area contributed by atoms with Gasteiger partial charge >= 0.3 is 5.97 Å². The lowest BCUT2D eigenvalue weighted by Gasteiger charge is -2.20. The molecule has 1 heterocycles. The van der Waals surface area contributed by atoms with Crippen molar-refractivity contribution in [2.24, 2.45) is 0 Å². The van der Waals surface area contributed by atoms with Crippen molar-refractivity contribution >= 4 is 27.3 Å². The van der Waals surface area contributed by atoms with E-state index in [1.807, 2.05) is 18.2 Å². The van der Waals surface area contributed by atoms with Gasteiger partial charge in [-0.15, -0.1) is 11.3 Å². The fourth-order valence-corrected chi connectivity index (χ4v) is 4.72. The average Bonchev–Trinajstić information content (AvgIpc) is 3.14. The first-order valence-corrected chi connectivity index (χ1v) is 12.2. The molecule has 1 aromatic carbocycles. The Morgan fingerprint density at radius 2 is 1.71 bits per heavy atom. The predicted molar refractivity (Wildman–Crippen MR) is 114 cm³/mol. The van der Waals surface area contributed by atoms with Gasteiger partial charge in [0.1, 0.15) is 4.88 Å². The van der Waals surface area contributed by atoms with Crippen LogP contribution in [0.2, 0.25) is 0 Å². The highest BCUT2D eigenvalue weighted by Gasteiger charge is 2.17. The lowest BCUT2D eigenvalue weighted by atomic mass is 10.1. The molecule has 28 heavy (non-hydrogen) atoms. The van der Waals surface area contributed by atoms with Gasteiger partial charge in [0.15, 0.2) is 0 Å². The highest BCUT2D eigenvalue weighted by Crippen LogP contribution is 2.20. The third-order valence-corrected chi connectivity index (χ3v) is 6.92. The summed E-state index contributed by atoms with van der Waals surface area (Å²) in [6, 6.07) is 11.9. The van der Waals surface area contributed by atoms with E-state index in [2.05, 4.69) is 19.1 Å². The first-order chi connectivity index (χ1) is 13.3. The minimum Gasteiger partial charge on any atom is -0.465 e. The monoisotopic (exact) mass is 423 g/mol. The largest absolute Gasteiger partial charge is 0.465 e. The molecule has 0 bridgehead atoms. The second kappa shape index (κ2) is 10.7. The molecule has 0 atom stereocenters. The molecule has 2 aromatic rings. The van der Waals surface area contributed by atoms with Crippen molar-refractivity contribution in [3.63, 3.8) is 0 Å². The second-order valence-corrected chi connectivity index (χ2v) is 10.0. The predicted octanol–water partition coefficient (Wildman–Crippen LogP) is 4.27. The standard InChI is InChI=1S/C21H29NO4S2/c1-4-5-7-17-9-11-18(12-10-17)16-22(28(3,24)25)15-6-8-19-13-14-20(27-19)21(23)26-2/h9-14H,4-8,15-16H2,1-3H3. The molecular weight excluding hydrogens is 394 g/mol. The fourth-order valence-electron chi connectivity index (χ4n) is 2.91. The Morgan fingerprint density at radius 1 is 1.04 bits per heavy atom. The molecule has 0 spiro atoms. The van der Waals surface area contributed by atoms with E-state index in [1.165, 1.54) is 34.6 Å². The number of sulfonamides is 1. The molecule has 7 heteroatoms. The lowest BCUT2D eigenvalue weighted by Crippen LogP contribution is -2.30. The molecule has 0 aliphatic carbocycles. The van der Waals surface area contributed by atoms with Crippen molar-refractivity contribution in [2.75, 3.05) is 19.9 Å². The van der Waals surface area contributed by atoms with Gasteiger partial charge in [-0.25, -0.2) is 13.2 Å². The third-order valence-electron chi connectivity index (χ3n) is 4.55. The molecular formula is C21H29NO4S2. The number of thiophene rings is 1. The molecule has 0 fully saturated rings. The maximum absolute atomic E-state index is 12.2. The van der Waals surface area contributed by atoms with Crippen LogP contribution in [-0.4, -0.2) is 38.6 Å². The Balaban J connectivity index is 1.93. The molecule has 154 valence electrons. The number of hydrogen-bond acceptors (Lipinski definition) is 5. The number of methoxy groups -OCH3 is 1. The van der Waals surface area contributed by atoms with Gasteiger partial charge in [-0.3, -0.25) is 0 Å². The fraction of sp³-hybridized carbons (Fsp3) is 0.476. The maximum Gasteiger partial charge on any atom is 0.348 e. The SMILES string of the molecule is CCCCc1ccc(CN(CCCc2ccc(C(=O)OC)s2)S(C)(=O)=O)cc1. The Labute approximate surface area is 172 Å². The van der Waals surface area contributed by atoms with E-state index in [0.29, 0.717) is 24.4 Å². The zero-order valence-electron chi connectivity index (χ0n) is 16.8. The van der Waals surface area contributed by atoms with Crippen LogP contribution in [0.3, 0.4) is 0 Å². The van der Waals surface area contributed by atoms with Gasteiger partial charge in [0.2, 0.25) is 10.0 Å². The van der Waals surface area contributed by atoms with Gasteiger partial charge in [-0.1, -0.05) is 37.6 Å². The van der Waals surface area contributed by atoms with Crippen molar-refractivity contribution in [2.45, 2.75) is 45.6 Å². The first kappa shape index (κ1) is 22.6. The van der Waals surface area contributed by atoms with E-state index < -0.39 is 10.0 Å². The Morgan fingerprint density at radius 3 is 2.32 bits per heavy atom. The highest BCUT2D eigenvalue weighted by molar-refractivity contribution is 7.88. The summed E-state index contributed by atoms with van der Waals surface area (Å²) in [4.78, 5) is 13.1. The van der Waals surface area contributed by atoms with Gasteiger partial charge in [-0.2, -0.15) is 4.31 Å². The van der Waals surface area contributed by atoms with Crippen LogP contribution in [0.5, 0.6) is 0 Å².